The van der Waals surface area contributed by atoms with Crippen LogP contribution < -0.4 is 5.32 Å². The van der Waals surface area contributed by atoms with E-state index in [2.05, 4.69) is 43.2 Å². The van der Waals surface area contributed by atoms with Crippen molar-refractivity contribution < 1.29 is 9.32 Å². The van der Waals surface area contributed by atoms with Gasteiger partial charge < -0.3 is 19.6 Å². The van der Waals surface area contributed by atoms with Crippen molar-refractivity contribution in [1.29, 1.82) is 0 Å². The van der Waals surface area contributed by atoms with Crippen LogP contribution >= 0.6 is 24.0 Å². The monoisotopic (exact) mass is 463 g/mol. The maximum absolute atomic E-state index is 12.6. The third kappa shape index (κ3) is 5.32. The molecule has 1 aromatic heterocycles. The molecule has 0 saturated carbocycles. The van der Waals surface area contributed by atoms with Crippen LogP contribution in [0.25, 0.3) is 0 Å². The number of guanidine groups is 1. The fraction of sp³-hybridized carbons (Fsp3) is 0.706. The van der Waals surface area contributed by atoms with E-state index in [9.17, 15) is 4.79 Å². The molecule has 0 unspecified atom stereocenters. The van der Waals surface area contributed by atoms with Gasteiger partial charge >= 0.3 is 0 Å². The Kier molecular flexibility index (Phi) is 7.70. The third-order valence-electron chi connectivity index (χ3n) is 4.04. The maximum Gasteiger partial charge on any atom is 0.242 e. The van der Waals surface area contributed by atoms with Gasteiger partial charge in [-0.25, -0.2) is 4.99 Å². The molecule has 2 heterocycles. The van der Waals surface area contributed by atoms with E-state index in [1.54, 1.807) is 0 Å². The number of rotatable bonds is 4. The first kappa shape index (κ1) is 21.7. The number of nitrogens with zero attached hydrogens (tertiary/aromatic N) is 4. The number of nitrogens with one attached hydrogen (secondary N) is 1. The van der Waals surface area contributed by atoms with Crippen molar-refractivity contribution in [1.82, 2.24) is 20.3 Å². The zero-order chi connectivity index (χ0) is 17.9. The van der Waals surface area contributed by atoms with Gasteiger partial charge in [-0.05, 0) is 41.5 Å². The average molecular weight is 463 g/mol. The number of hydrogen-bond acceptors (Lipinski definition) is 4. The lowest BCUT2D eigenvalue weighted by molar-refractivity contribution is -0.145. The van der Waals surface area contributed by atoms with E-state index >= 15 is 0 Å². The van der Waals surface area contributed by atoms with E-state index in [0.717, 1.165) is 24.7 Å². The van der Waals surface area contributed by atoms with Crippen LogP contribution in [-0.4, -0.2) is 58.0 Å². The molecule has 0 spiro atoms. The van der Waals surface area contributed by atoms with Gasteiger partial charge in [0.1, 0.15) is 6.54 Å². The van der Waals surface area contributed by atoms with Crippen LogP contribution in [0.1, 0.15) is 46.1 Å². The largest absolute Gasteiger partial charge is 0.359 e. The smallest absolute Gasteiger partial charge is 0.242 e. The number of aromatic nitrogens is 1. The Bertz CT molecular complexity index is 612. The molecule has 142 valence electrons. The van der Waals surface area contributed by atoms with Crippen molar-refractivity contribution >= 4 is 35.8 Å². The summed E-state index contributed by atoms with van der Waals surface area (Å²) in [7, 11) is 0. The second-order valence-corrected chi connectivity index (χ2v) is 7.13. The SMILES string of the molecule is CCNC(=NCc1cc(C)no1)N1CC(=O)N(C(C)C)C(C)(C)C1.I. The van der Waals surface area contributed by atoms with E-state index in [1.165, 1.54) is 0 Å². The van der Waals surface area contributed by atoms with Crippen LogP contribution in [0, 0.1) is 6.92 Å². The van der Waals surface area contributed by atoms with Gasteiger partial charge in [-0.3, -0.25) is 4.79 Å². The number of carbonyl (C=O) groups excluding carboxylic acids is 1. The van der Waals surface area contributed by atoms with Crippen LogP contribution in [-0.2, 0) is 11.3 Å². The predicted octanol–water partition coefficient (Wildman–Crippen LogP) is 2.40. The third-order valence-corrected chi connectivity index (χ3v) is 4.04. The Balaban J connectivity index is 0.00000312. The molecule has 1 saturated heterocycles. The molecule has 2 rings (SSSR count). The summed E-state index contributed by atoms with van der Waals surface area (Å²) in [5.41, 5.74) is 0.592. The number of halogens is 1. The number of aliphatic imine (C=N–C) groups is 1. The molecule has 0 aromatic carbocycles. The molecule has 1 aliphatic rings. The van der Waals surface area contributed by atoms with Crippen molar-refractivity contribution in [3.05, 3.63) is 17.5 Å². The molecule has 0 bridgehead atoms. The highest BCUT2D eigenvalue weighted by atomic mass is 127. The Morgan fingerprint density at radius 2 is 2.16 bits per heavy atom. The van der Waals surface area contributed by atoms with Gasteiger partial charge in [0.15, 0.2) is 11.7 Å². The van der Waals surface area contributed by atoms with E-state index < -0.39 is 0 Å². The van der Waals surface area contributed by atoms with Gasteiger partial charge in [0, 0.05) is 25.2 Å². The van der Waals surface area contributed by atoms with Gasteiger partial charge in [0.25, 0.3) is 0 Å². The molecule has 7 nitrogen and oxygen atoms in total. The molecular weight excluding hydrogens is 433 g/mol. The van der Waals surface area contributed by atoms with Gasteiger partial charge in [-0.15, -0.1) is 24.0 Å². The van der Waals surface area contributed by atoms with Gasteiger partial charge in [0.05, 0.1) is 17.8 Å². The van der Waals surface area contributed by atoms with Gasteiger partial charge in [-0.1, -0.05) is 5.16 Å². The Morgan fingerprint density at radius 3 is 2.64 bits per heavy atom. The summed E-state index contributed by atoms with van der Waals surface area (Å²) in [5.74, 6) is 1.58. The van der Waals surface area contributed by atoms with Crippen molar-refractivity contribution in [2.75, 3.05) is 19.6 Å². The molecule has 0 atom stereocenters. The number of aryl methyl sites for hydroxylation is 1. The summed E-state index contributed by atoms with van der Waals surface area (Å²) < 4.78 is 5.21. The number of hydrogen-bond donors (Lipinski definition) is 1. The highest BCUT2D eigenvalue weighted by molar-refractivity contribution is 14.0. The topological polar surface area (TPSA) is 74.0 Å². The fourth-order valence-electron chi connectivity index (χ4n) is 3.38. The van der Waals surface area contributed by atoms with Crippen LogP contribution in [0.4, 0.5) is 0 Å². The minimum absolute atomic E-state index is 0. The molecule has 1 aromatic rings. The summed E-state index contributed by atoms with van der Waals surface area (Å²) in [6, 6.07) is 2.06. The quantitative estimate of drug-likeness (QED) is 0.422. The van der Waals surface area contributed by atoms with Crippen LogP contribution in [0.2, 0.25) is 0 Å². The first-order valence-electron chi connectivity index (χ1n) is 8.52. The zero-order valence-electron chi connectivity index (χ0n) is 16.0. The Hall–Kier alpha value is -1.32. The normalized spacial score (nSPS) is 17.7. The van der Waals surface area contributed by atoms with E-state index in [4.69, 9.17) is 4.52 Å². The first-order chi connectivity index (χ1) is 11.2. The van der Waals surface area contributed by atoms with Crippen LogP contribution in [0.15, 0.2) is 15.6 Å². The van der Waals surface area contributed by atoms with Crippen molar-refractivity contribution in [2.45, 2.75) is 59.7 Å². The molecule has 8 heteroatoms. The lowest BCUT2D eigenvalue weighted by Crippen LogP contribution is -2.66. The number of piperazine rings is 1. The van der Waals surface area contributed by atoms with Crippen molar-refractivity contribution in [3.8, 4) is 0 Å². The molecule has 0 radical (unpaired) electrons. The lowest BCUT2D eigenvalue weighted by atomic mass is 9.96. The summed E-state index contributed by atoms with van der Waals surface area (Å²) in [4.78, 5) is 21.2. The Morgan fingerprint density at radius 1 is 1.48 bits per heavy atom. The maximum atomic E-state index is 12.6. The minimum Gasteiger partial charge on any atom is -0.359 e. The molecular formula is C17H30IN5O2. The summed E-state index contributed by atoms with van der Waals surface area (Å²) in [6.07, 6.45) is 0. The van der Waals surface area contributed by atoms with Gasteiger partial charge in [-0.2, -0.15) is 0 Å². The summed E-state index contributed by atoms with van der Waals surface area (Å²) in [6.45, 7) is 14.4. The second-order valence-electron chi connectivity index (χ2n) is 7.13. The standard InChI is InChI=1S/C17H29N5O2.HI/c1-7-18-16(19-9-14-8-13(4)20-24-14)21-10-15(23)22(12(2)3)17(5,6)11-21;/h8,12H,7,9-11H2,1-6H3,(H,18,19);1H. The average Bonchev–Trinajstić information content (AvgIpc) is 2.86. The molecule has 1 amide bonds. The highest BCUT2D eigenvalue weighted by Crippen LogP contribution is 2.24. The summed E-state index contributed by atoms with van der Waals surface area (Å²) >= 11 is 0. The van der Waals surface area contributed by atoms with Crippen LogP contribution in [0.3, 0.4) is 0 Å². The highest BCUT2D eigenvalue weighted by Gasteiger charge is 2.40. The second kappa shape index (κ2) is 8.86. The lowest BCUT2D eigenvalue weighted by Gasteiger charge is -2.49. The van der Waals surface area contributed by atoms with E-state index in [-0.39, 0.29) is 41.5 Å². The van der Waals surface area contributed by atoms with E-state index in [1.807, 2.05) is 29.7 Å². The molecule has 1 fully saturated rings. The minimum atomic E-state index is -0.248. The molecule has 25 heavy (non-hydrogen) atoms. The molecule has 1 aliphatic heterocycles. The zero-order valence-corrected chi connectivity index (χ0v) is 18.3. The van der Waals surface area contributed by atoms with Crippen molar-refractivity contribution in [2.24, 2.45) is 4.99 Å². The number of amides is 1. The Labute approximate surface area is 167 Å². The predicted molar refractivity (Wildman–Crippen MR) is 109 cm³/mol. The van der Waals surface area contributed by atoms with Crippen LogP contribution in [0.5, 0.6) is 0 Å². The van der Waals surface area contributed by atoms with E-state index in [0.29, 0.717) is 18.8 Å². The summed E-state index contributed by atoms with van der Waals surface area (Å²) in [5, 5.41) is 7.15. The molecule has 0 aliphatic carbocycles. The number of carbonyl (C=O) groups is 1. The molecule has 1 N–H and O–H groups in total. The first-order valence-corrected chi connectivity index (χ1v) is 8.52. The van der Waals surface area contributed by atoms with Gasteiger partial charge in [0.2, 0.25) is 5.91 Å². The van der Waals surface area contributed by atoms with Crippen molar-refractivity contribution in [3.63, 3.8) is 0 Å². The fourth-order valence-corrected chi connectivity index (χ4v) is 3.38.